The molecule has 0 aromatic heterocycles. The van der Waals surface area contributed by atoms with Gasteiger partial charge in [-0.1, -0.05) is 51.9 Å². The van der Waals surface area contributed by atoms with Crippen LogP contribution in [0.3, 0.4) is 0 Å². The van der Waals surface area contributed by atoms with Gasteiger partial charge in [-0.2, -0.15) is 0 Å². The normalized spacial score (nSPS) is 11.5. The average Bonchev–Trinajstić information content (AvgIpc) is 2.80. The van der Waals surface area contributed by atoms with Crippen LogP contribution in [0.25, 0.3) is 10.8 Å². The fourth-order valence-corrected chi connectivity index (χ4v) is 4.56. The number of hydrogen-bond acceptors (Lipinski definition) is 9. The van der Waals surface area contributed by atoms with Gasteiger partial charge >= 0.3 is 11.9 Å². The van der Waals surface area contributed by atoms with E-state index in [0.717, 1.165) is 22.1 Å². The van der Waals surface area contributed by atoms with Gasteiger partial charge < -0.3 is 14.3 Å². The summed E-state index contributed by atoms with van der Waals surface area (Å²) in [6, 6.07) is 11.0. The van der Waals surface area contributed by atoms with E-state index in [1.807, 2.05) is 30.3 Å². The van der Waals surface area contributed by atoms with Crippen LogP contribution < -0.4 is 4.74 Å². The smallest absolute Gasteiger partial charge is 0.313 e. The van der Waals surface area contributed by atoms with Gasteiger partial charge in [-0.15, -0.1) is 16.7 Å². The molecule has 0 heterocycles. The van der Waals surface area contributed by atoms with Crippen LogP contribution in [0, 0.1) is 10.1 Å². The second-order valence-corrected chi connectivity index (χ2v) is 9.67. The molecule has 0 bridgehead atoms. The number of fused-ring (bicyclic) bond motifs is 1. The number of esters is 2. The first-order valence-corrected chi connectivity index (χ1v) is 12.9. The number of unbranched alkanes of at least 4 members (excludes halogenated alkanes) is 1. The van der Waals surface area contributed by atoms with Crippen molar-refractivity contribution in [1.29, 1.82) is 0 Å². The first-order chi connectivity index (χ1) is 15.9. The van der Waals surface area contributed by atoms with E-state index in [4.69, 9.17) is 9.47 Å². The number of carbonyl (C=O) groups excluding carboxylic acids is 2. The van der Waals surface area contributed by atoms with Gasteiger partial charge in [0.1, 0.15) is 5.75 Å². The van der Waals surface area contributed by atoms with Crippen molar-refractivity contribution in [2.24, 2.45) is 0 Å². The molecule has 0 unspecified atom stereocenters. The highest BCUT2D eigenvalue weighted by molar-refractivity contribution is 8.76. The standard InChI is InChI=1S/C23H27NO7S2/c1-3-13-32-33-14-10-22(25)31-21-9-8-19-15-18(6-7-20(19)16-21)17(2)23(26)29-11-4-5-12-30-24(27)28/h3,6-9,15-17H,1,4-5,10-14H2,2H3/t17-/m0/s1. The van der Waals surface area contributed by atoms with Crippen LogP contribution >= 0.6 is 21.6 Å². The maximum absolute atomic E-state index is 12.3. The molecule has 0 spiro atoms. The minimum absolute atomic E-state index is 0.0180. The van der Waals surface area contributed by atoms with E-state index in [0.29, 0.717) is 30.8 Å². The topological polar surface area (TPSA) is 105 Å². The van der Waals surface area contributed by atoms with Gasteiger partial charge in [-0.25, -0.2) is 0 Å². The number of carbonyl (C=O) groups is 2. The SMILES string of the molecule is C=CCSSCCC(=O)Oc1ccc2cc([C@H](C)C(=O)OCCCCO[N+](=O)[O-])ccc2c1. The minimum Gasteiger partial charge on any atom is -0.465 e. The molecule has 8 nitrogen and oxygen atoms in total. The fourth-order valence-electron chi connectivity index (χ4n) is 2.81. The molecule has 2 rings (SSSR count). The number of nitrogens with zero attached hydrogens (tertiary/aromatic N) is 1. The number of rotatable bonds is 15. The summed E-state index contributed by atoms with van der Waals surface area (Å²) in [4.78, 5) is 38.6. The summed E-state index contributed by atoms with van der Waals surface area (Å²) >= 11 is 0. The zero-order chi connectivity index (χ0) is 24.1. The number of hydrogen-bond donors (Lipinski definition) is 0. The lowest BCUT2D eigenvalue weighted by atomic mass is 9.98. The Kier molecular flexibility index (Phi) is 11.6. The summed E-state index contributed by atoms with van der Waals surface area (Å²) in [6.07, 6.45) is 3.06. The summed E-state index contributed by atoms with van der Waals surface area (Å²) in [5.41, 5.74) is 0.808. The van der Waals surface area contributed by atoms with Crippen molar-refractivity contribution in [3.05, 3.63) is 64.7 Å². The van der Waals surface area contributed by atoms with E-state index >= 15 is 0 Å². The van der Waals surface area contributed by atoms with Gasteiger partial charge in [-0.05, 0) is 48.2 Å². The van der Waals surface area contributed by atoms with Crippen LogP contribution in [0.5, 0.6) is 5.75 Å². The molecule has 0 fully saturated rings. The molecule has 0 N–H and O–H groups in total. The summed E-state index contributed by atoms with van der Waals surface area (Å²) in [5.74, 6) is 0.896. The molecular formula is C23H27NO7S2. The lowest BCUT2D eigenvalue weighted by molar-refractivity contribution is -0.757. The highest BCUT2D eigenvalue weighted by Crippen LogP contribution is 2.27. The van der Waals surface area contributed by atoms with Gasteiger partial charge in [-0.3, -0.25) is 9.59 Å². The van der Waals surface area contributed by atoms with E-state index in [2.05, 4.69) is 11.4 Å². The lowest BCUT2D eigenvalue weighted by Crippen LogP contribution is -2.14. The zero-order valence-corrected chi connectivity index (χ0v) is 20.0. The van der Waals surface area contributed by atoms with Gasteiger partial charge in [0.25, 0.3) is 5.09 Å². The second-order valence-electron chi connectivity index (χ2n) is 7.04. The van der Waals surface area contributed by atoms with E-state index in [9.17, 15) is 19.7 Å². The van der Waals surface area contributed by atoms with Crippen LogP contribution in [0.15, 0.2) is 49.1 Å². The molecule has 0 radical (unpaired) electrons. The monoisotopic (exact) mass is 493 g/mol. The number of benzene rings is 2. The van der Waals surface area contributed by atoms with Crippen molar-refractivity contribution in [3.63, 3.8) is 0 Å². The van der Waals surface area contributed by atoms with Crippen molar-refractivity contribution in [3.8, 4) is 5.75 Å². The maximum atomic E-state index is 12.3. The Balaban J connectivity index is 1.85. The summed E-state index contributed by atoms with van der Waals surface area (Å²) < 4.78 is 10.7. The molecule has 178 valence electrons. The highest BCUT2D eigenvalue weighted by Gasteiger charge is 2.17. The molecule has 0 saturated heterocycles. The van der Waals surface area contributed by atoms with Crippen LogP contribution in [0.1, 0.15) is 37.7 Å². The second kappa shape index (κ2) is 14.4. The molecular weight excluding hydrogens is 466 g/mol. The molecule has 0 aliphatic heterocycles. The molecule has 0 saturated carbocycles. The third kappa shape index (κ3) is 9.75. The predicted octanol–water partition coefficient (Wildman–Crippen LogP) is 5.34. The van der Waals surface area contributed by atoms with Crippen molar-refractivity contribution < 1.29 is 29.0 Å². The zero-order valence-electron chi connectivity index (χ0n) is 18.4. The van der Waals surface area contributed by atoms with Gasteiger partial charge in [0, 0.05) is 11.5 Å². The average molecular weight is 494 g/mol. The van der Waals surface area contributed by atoms with E-state index < -0.39 is 11.0 Å². The Hall–Kier alpha value is -2.72. The van der Waals surface area contributed by atoms with E-state index in [1.54, 1.807) is 40.6 Å². The Morgan fingerprint density at radius 3 is 2.61 bits per heavy atom. The van der Waals surface area contributed by atoms with E-state index in [1.165, 1.54) is 0 Å². The molecule has 2 aromatic carbocycles. The van der Waals surface area contributed by atoms with Crippen LogP contribution in [-0.2, 0) is 19.2 Å². The molecule has 0 aliphatic rings. The first kappa shape index (κ1) is 26.5. The van der Waals surface area contributed by atoms with Crippen molar-refractivity contribution in [2.45, 2.75) is 32.1 Å². The van der Waals surface area contributed by atoms with Crippen molar-refractivity contribution in [1.82, 2.24) is 0 Å². The fraction of sp³-hybridized carbons (Fsp3) is 0.391. The molecule has 33 heavy (non-hydrogen) atoms. The summed E-state index contributed by atoms with van der Waals surface area (Å²) in [7, 11) is 3.26. The van der Waals surface area contributed by atoms with Crippen LogP contribution in [-0.4, -0.2) is 41.7 Å². The minimum atomic E-state index is -0.841. The van der Waals surface area contributed by atoms with Gasteiger partial charge in [0.15, 0.2) is 0 Å². The van der Waals surface area contributed by atoms with Gasteiger partial charge in [0.2, 0.25) is 0 Å². The Morgan fingerprint density at radius 1 is 1.12 bits per heavy atom. The number of ether oxygens (including phenoxy) is 2. The van der Waals surface area contributed by atoms with Crippen LogP contribution in [0.2, 0.25) is 0 Å². The van der Waals surface area contributed by atoms with Crippen LogP contribution in [0.4, 0.5) is 0 Å². The highest BCUT2D eigenvalue weighted by atomic mass is 33.1. The van der Waals surface area contributed by atoms with Crippen molar-refractivity contribution in [2.75, 3.05) is 24.7 Å². The molecule has 0 aliphatic carbocycles. The molecule has 1 atom stereocenters. The molecule has 10 heteroatoms. The summed E-state index contributed by atoms with van der Waals surface area (Å²) in [5, 5.41) is 11.1. The third-order valence-electron chi connectivity index (χ3n) is 4.56. The Bertz CT molecular complexity index is 967. The Labute approximate surface area is 200 Å². The first-order valence-electron chi connectivity index (χ1n) is 10.4. The predicted molar refractivity (Wildman–Crippen MR) is 131 cm³/mol. The van der Waals surface area contributed by atoms with Gasteiger partial charge in [0.05, 0.1) is 25.6 Å². The van der Waals surface area contributed by atoms with Crippen molar-refractivity contribution >= 4 is 44.3 Å². The molecule has 2 aromatic rings. The quantitative estimate of drug-likeness (QED) is 0.0618. The lowest BCUT2D eigenvalue weighted by Gasteiger charge is -2.13. The summed E-state index contributed by atoms with van der Waals surface area (Å²) in [6.45, 7) is 5.58. The maximum Gasteiger partial charge on any atom is 0.313 e. The Morgan fingerprint density at radius 2 is 1.85 bits per heavy atom. The third-order valence-corrected chi connectivity index (χ3v) is 6.88. The largest absolute Gasteiger partial charge is 0.465 e. The van der Waals surface area contributed by atoms with E-state index in [-0.39, 0.29) is 25.2 Å². The molecule has 0 amide bonds.